The van der Waals surface area contributed by atoms with Gasteiger partial charge in [0, 0.05) is 11.9 Å². The highest BCUT2D eigenvalue weighted by molar-refractivity contribution is 14.1. The van der Waals surface area contributed by atoms with Gasteiger partial charge in [-0.25, -0.2) is 8.42 Å². The second kappa shape index (κ2) is 4.93. The molecule has 7 heteroatoms. The van der Waals surface area contributed by atoms with Crippen molar-refractivity contribution in [3.63, 3.8) is 0 Å². The molecule has 0 bridgehead atoms. The fourth-order valence-electron chi connectivity index (χ4n) is 0.865. The number of sulfone groups is 1. The highest BCUT2D eigenvalue weighted by atomic mass is 127. The predicted molar refractivity (Wildman–Crippen MR) is 67.0 cm³/mol. The summed E-state index contributed by atoms with van der Waals surface area (Å²) in [6, 6.07) is 0. The molecule has 1 aromatic heterocycles. The molecule has 0 spiro atoms. The molecule has 0 radical (unpaired) electrons. The summed E-state index contributed by atoms with van der Waals surface area (Å²) in [5.74, 6) is 0.334. The second-order valence-corrected chi connectivity index (χ2v) is 7.12. The van der Waals surface area contributed by atoms with Crippen molar-refractivity contribution in [2.24, 2.45) is 0 Å². The van der Waals surface area contributed by atoms with Crippen molar-refractivity contribution in [2.75, 3.05) is 11.5 Å². The standard InChI is InChI=1S/C7H10BrIN2O2S/c1-2-14(12,13)4-3-11-5-6(8)7(9)10-11/h5H,2-4H2,1H3. The summed E-state index contributed by atoms with van der Waals surface area (Å²) >= 11 is 5.40. The van der Waals surface area contributed by atoms with Crippen LogP contribution in [0.5, 0.6) is 0 Å². The number of aryl methyl sites for hydroxylation is 1. The van der Waals surface area contributed by atoms with E-state index in [0.29, 0.717) is 6.54 Å². The van der Waals surface area contributed by atoms with E-state index < -0.39 is 9.84 Å². The van der Waals surface area contributed by atoms with Gasteiger partial charge in [0.25, 0.3) is 0 Å². The van der Waals surface area contributed by atoms with Gasteiger partial charge in [0.2, 0.25) is 0 Å². The maximum atomic E-state index is 11.2. The minimum Gasteiger partial charge on any atom is -0.269 e. The van der Waals surface area contributed by atoms with Crippen LogP contribution < -0.4 is 0 Å². The lowest BCUT2D eigenvalue weighted by atomic mass is 10.7. The van der Waals surface area contributed by atoms with Crippen LogP contribution >= 0.6 is 38.5 Å². The Morgan fingerprint density at radius 2 is 2.29 bits per heavy atom. The fourth-order valence-corrected chi connectivity index (χ4v) is 2.35. The Bertz CT molecular complexity index is 396. The molecule has 0 aromatic carbocycles. The predicted octanol–water partition coefficient (Wildman–Crippen LogP) is 1.68. The first-order valence-corrected chi connectivity index (χ1v) is 7.73. The summed E-state index contributed by atoms with van der Waals surface area (Å²) < 4.78 is 25.8. The van der Waals surface area contributed by atoms with E-state index in [2.05, 4.69) is 43.6 Å². The van der Waals surface area contributed by atoms with E-state index in [-0.39, 0.29) is 11.5 Å². The van der Waals surface area contributed by atoms with E-state index in [1.807, 2.05) is 0 Å². The van der Waals surface area contributed by atoms with Gasteiger partial charge in [0.1, 0.15) is 3.70 Å². The van der Waals surface area contributed by atoms with Crippen LogP contribution in [0.4, 0.5) is 0 Å². The molecule has 0 atom stereocenters. The minimum absolute atomic E-state index is 0.147. The first-order valence-electron chi connectivity index (χ1n) is 4.03. The molecule has 0 saturated heterocycles. The van der Waals surface area contributed by atoms with Gasteiger partial charge in [-0.2, -0.15) is 5.10 Å². The molecule has 0 fully saturated rings. The van der Waals surface area contributed by atoms with Crippen molar-refractivity contribution in [1.29, 1.82) is 0 Å². The molecule has 0 unspecified atom stereocenters. The van der Waals surface area contributed by atoms with E-state index in [1.165, 1.54) is 0 Å². The van der Waals surface area contributed by atoms with Crippen LogP contribution in [0.3, 0.4) is 0 Å². The third kappa shape index (κ3) is 3.50. The summed E-state index contributed by atoms with van der Waals surface area (Å²) in [6.07, 6.45) is 1.78. The van der Waals surface area contributed by atoms with Gasteiger partial charge >= 0.3 is 0 Å². The lowest BCUT2D eigenvalue weighted by Gasteiger charge is -2.00. The third-order valence-corrected chi connectivity index (χ3v) is 5.55. The zero-order chi connectivity index (χ0) is 10.8. The maximum absolute atomic E-state index is 11.2. The van der Waals surface area contributed by atoms with Crippen molar-refractivity contribution in [3.8, 4) is 0 Å². The molecule has 0 N–H and O–H groups in total. The van der Waals surface area contributed by atoms with Gasteiger partial charge < -0.3 is 0 Å². The summed E-state index contributed by atoms with van der Waals surface area (Å²) in [6.45, 7) is 2.07. The maximum Gasteiger partial charge on any atom is 0.151 e. The quantitative estimate of drug-likeness (QED) is 0.732. The lowest BCUT2D eigenvalue weighted by molar-refractivity contribution is 0.581. The monoisotopic (exact) mass is 392 g/mol. The summed E-state index contributed by atoms with van der Waals surface area (Å²) in [7, 11) is -2.90. The molecule has 0 aliphatic carbocycles. The number of hydrogen-bond acceptors (Lipinski definition) is 3. The summed E-state index contributed by atoms with van der Waals surface area (Å²) in [5.41, 5.74) is 0. The van der Waals surface area contributed by atoms with Crippen LogP contribution in [-0.4, -0.2) is 29.7 Å². The van der Waals surface area contributed by atoms with Gasteiger partial charge in [-0.05, 0) is 38.5 Å². The van der Waals surface area contributed by atoms with E-state index in [1.54, 1.807) is 17.8 Å². The Morgan fingerprint density at radius 3 is 2.71 bits per heavy atom. The van der Waals surface area contributed by atoms with E-state index in [0.717, 1.165) is 8.17 Å². The van der Waals surface area contributed by atoms with Crippen molar-refractivity contribution >= 4 is 48.4 Å². The van der Waals surface area contributed by atoms with E-state index in [9.17, 15) is 8.42 Å². The molecule has 14 heavy (non-hydrogen) atoms. The van der Waals surface area contributed by atoms with Crippen molar-refractivity contribution in [2.45, 2.75) is 13.5 Å². The first-order chi connectivity index (χ1) is 6.44. The number of rotatable bonds is 4. The summed E-state index contributed by atoms with van der Waals surface area (Å²) in [4.78, 5) is 0. The number of nitrogens with zero attached hydrogens (tertiary/aromatic N) is 2. The zero-order valence-corrected chi connectivity index (χ0v) is 12.1. The fraction of sp³-hybridized carbons (Fsp3) is 0.571. The van der Waals surface area contributed by atoms with E-state index in [4.69, 9.17) is 0 Å². The van der Waals surface area contributed by atoms with Crippen LogP contribution in [-0.2, 0) is 16.4 Å². The molecule has 1 aromatic rings. The topological polar surface area (TPSA) is 52.0 Å². The Kier molecular flexibility index (Phi) is 4.38. The lowest BCUT2D eigenvalue weighted by Crippen LogP contribution is -2.14. The zero-order valence-electron chi connectivity index (χ0n) is 7.57. The van der Waals surface area contributed by atoms with Gasteiger partial charge in [-0.3, -0.25) is 4.68 Å². The highest BCUT2D eigenvalue weighted by Crippen LogP contribution is 2.16. The SMILES string of the molecule is CCS(=O)(=O)CCn1cc(Br)c(I)n1. The van der Waals surface area contributed by atoms with Gasteiger partial charge in [0.05, 0.1) is 16.8 Å². The number of halogens is 2. The Hall–Kier alpha value is 0.370. The van der Waals surface area contributed by atoms with Crippen molar-refractivity contribution in [1.82, 2.24) is 9.78 Å². The molecule has 4 nitrogen and oxygen atoms in total. The second-order valence-electron chi connectivity index (χ2n) is 2.77. The molecule has 80 valence electrons. The molecule has 0 aliphatic rings. The summed E-state index contributed by atoms with van der Waals surface area (Å²) in [5, 5.41) is 4.14. The molecule has 1 heterocycles. The van der Waals surface area contributed by atoms with Gasteiger partial charge in [-0.1, -0.05) is 6.92 Å². The van der Waals surface area contributed by atoms with Gasteiger partial charge in [0.15, 0.2) is 9.84 Å². The Balaban J connectivity index is 2.63. The Morgan fingerprint density at radius 1 is 1.64 bits per heavy atom. The van der Waals surface area contributed by atoms with Crippen molar-refractivity contribution < 1.29 is 8.42 Å². The Labute approximate surface area is 105 Å². The average molecular weight is 393 g/mol. The van der Waals surface area contributed by atoms with Crippen LogP contribution in [0.15, 0.2) is 10.7 Å². The molecule has 0 aliphatic heterocycles. The normalized spacial score (nSPS) is 11.9. The first kappa shape index (κ1) is 12.4. The number of hydrogen-bond donors (Lipinski definition) is 0. The van der Waals surface area contributed by atoms with Crippen LogP contribution in [0.2, 0.25) is 0 Å². The van der Waals surface area contributed by atoms with Crippen LogP contribution in [0, 0.1) is 3.70 Å². The van der Waals surface area contributed by atoms with Crippen LogP contribution in [0.1, 0.15) is 6.92 Å². The van der Waals surface area contributed by atoms with Crippen LogP contribution in [0.25, 0.3) is 0 Å². The molecular formula is C7H10BrIN2O2S. The van der Waals surface area contributed by atoms with Gasteiger partial charge in [-0.15, -0.1) is 0 Å². The molecule has 0 saturated carbocycles. The average Bonchev–Trinajstić information content (AvgIpc) is 2.44. The van der Waals surface area contributed by atoms with Crippen molar-refractivity contribution in [3.05, 3.63) is 14.4 Å². The molecule has 1 rings (SSSR count). The number of aromatic nitrogens is 2. The highest BCUT2D eigenvalue weighted by Gasteiger charge is 2.09. The molecular weight excluding hydrogens is 383 g/mol. The minimum atomic E-state index is -2.90. The largest absolute Gasteiger partial charge is 0.269 e. The molecule has 0 amide bonds. The van der Waals surface area contributed by atoms with E-state index >= 15 is 0 Å². The third-order valence-electron chi connectivity index (χ3n) is 1.75. The smallest absolute Gasteiger partial charge is 0.151 e.